The first-order valence-corrected chi connectivity index (χ1v) is 6.92. The van der Waals surface area contributed by atoms with Gasteiger partial charge in [-0.25, -0.2) is 0 Å². The fourth-order valence-electron chi connectivity index (χ4n) is 2.33. The van der Waals surface area contributed by atoms with Crippen molar-refractivity contribution in [2.75, 3.05) is 0 Å². The smallest absolute Gasteiger partial charge is 0.104 e. The molecular weight excluding hydrogens is 266 g/mol. The minimum Gasteiger partial charge on any atom is -0.389 e. The summed E-state index contributed by atoms with van der Waals surface area (Å²) in [4.78, 5) is 4.58. The monoisotopic (exact) mass is 281 g/mol. The Bertz CT molecular complexity index is 747. The summed E-state index contributed by atoms with van der Waals surface area (Å²) in [6.45, 7) is 0.913. The van der Waals surface area contributed by atoms with Crippen molar-refractivity contribution in [1.29, 1.82) is 0 Å². The summed E-state index contributed by atoms with van der Waals surface area (Å²) in [5, 5.41) is 1.20. The highest BCUT2D eigenvalue weighted by Crippen LogP contribution is 2.18. The normalized spacial score (nSPS) is 10.8. The summed E-state index contributed by atoms with van der Waals surface area (Å²) in [5.74, 6) is 0. The van der Waals surface area contributed by atoms with Crippen LogP contribution in [0.4, 0.5) is 0 Å². The maximum absolute atomic E-state index is 5.70. The van der Waals surface area contributed by atoms with E-state index in [1.807, 2.05) is 18.3 Å². The van der Waals surface area contributed by atoms with E-state index >= 15 is 0 Å². The van der Waals surface area contributed by atoms with Crippen molar-refractivity contribution in [2.45, 2.75) is 13.0 Å². The van der Waals surface area contributed by atoms with Crippen molar-refractivity contribution < 1.29 is 0 Å². The molecule has 0 bridgehead atoms. The van der Waals surface area contributed by atoms with Crippen molar-refractivity contribution in [1.82, 2.24) is 9.55 Å². The van der Waals surface area contributed by atoms with Crippen LogP contribution in [-0.4, -0.2) is 14.5 Å². The van der Waals surface area contributed by atoms with E-state index in [1.54, 1.807) is 6.20 Å². The molecule has 0 amide bonds. The first-order chi connectivity index (χ1) is 9.74. The van der Waals surface area contributed by atoms with E-state index < -0.39 is 0 Å². The third-order valence-corrected chi connectivity index (χ3v) is 3.66. The van der Waals surface area contributed by atoms with Crippen molar-refractivity contribution in [3.63, 3.8) is 0 Å². The second-order valence-electron chi connectivity index (χ2n) is 4.76. The quantitative estimate of drug-likeness (QED) is 0.748. The number of thiocarbonyl (C=S) groups is 1. The molecule has 4 heteroatoms. The zero-order valence-corrected chi connectivity index (χ0v) is 11.8. The molecule has 0 aliphatic carbocycles. The molecular formula is C16H15N3S. The van der Waals surface area contributed by atoms with Crippen LogP contribution in [0.5, 0.6) is 0 Å². The summed E-state index contributed by atoms with van der Waals surface area (Å²) >= 11 is 5.04. The van der Waals surface area contributed by atoms with E-state index in [0.29, 0.717) is 4.99 Å². The fourth-order valence-corrected chi connectivity index (χ4v) is 2.45. The molecule has 3 rings (SSSR count). The lowest BCUT2D eigenvalue weighted by molar-refractivity contribution is 0.721. The second-order valence-corrected chi connectivity index (χ2v) is 5.20. The van der Waals surface area contributed by atoms with Gasteiger partial charge >= 0.3 is 0 Å². The van der Waals surface area contributed by atoms with Gasteiger partial charge in [-0.1, -0.05) is 30.4 Å². The van der Waals surface area contributed by atoms with Crippen LogP contribution in [0.3, 0.4) is 0 Å². The number of rotatable bonds is 4. The molecule has 2 N–H and O–H groups in total. The Labute approximate surface area is 123 Å². The third-order valence-electron chi connectivity index (χ3n) is 3.42. The van der Waals surface area contributed by atoms with Gasteiger partial charge in [0.15, 0.2) is 0 Å². The van der Waals surface area contributed by atoms with Crippen LogP contribution in [0.2, 0.25) is 0 Å². The molecule has 2 heterocycles. The summed E-state index contributed by atoms with van der Waals surface area (Å²) in [5.41, 5.74) is 9.02. The van der Waals surface area contributed by atoms with Crippen molar-refractivity contribution in [3.8, 4) is 0 Å². The zero-order chi connectivity index (χ0) is 13.9. The molecule has 0 saturated carbocycles. The van der Waals surface area contributed by atoms with E-state index in [2.05, 4.69) is 40.0 Å². The minimum atomic E-state index is 0.437. The molecule has 0 saturated heterocycles. The first kappa shape index (κ1) is 12.8. The van der Waals surface area contributed by atoms with Gasteiger partial charge in [-0.3, -0.25) is 4.98 Å². The predicted octanol–water partition coefficient (Wildman–Crippen LogP) is 2.91. The largest absolute Gasteiger partial charge is 0.389 e. The molecule has 0 atom stereocenters. The van der Waals surface area contributed by atoms with Crippen LogP contribution in [0, 0.1) is 0 Å². The van der Waals surface area contributed by atoms with Crippen LogP contribution < -0.4 is 5.73 Å². The van der Waals surface area contributed by atoms with Gasteiger partial charge in [0.1, 0.15) is 4.99 Å². The molecule has 0 fully saturated rings. The molecule has 3 nitrogen and oxygen atoms in total. The van der Waals surface area contributed by atoms with Crippen LogP contribution in [0.15, 0.2) is 55.0 Å². The maximum atomic E-state index is 5.70. The van der Waals surface area contributed by atoms with Crippen molar-refractivity contribution >= 4 is 28.1 Å². The van der Waals surface area contributed by atoms with Crippen molar-refractivity contribution in [3.05, 3.63) is 66.1 Å². The highest BCUT2D eigenvalue weighted by atomic mass is 32.1. The van der Waals surface area contributed by atoms with Gasteiger partial charge in [0.05, 0.1) is 0 Å². The fraction of sp³-hybridized carbons (Fsp3) is 0.125. The molecule has 1 aromatic carbocycles. The lowest BCUT2D eigenvalue weighted by Crippen LogP contribution is -2.09. The van der Waals surface area contributed by atoms with Gasteiger partial charge in [0, 0.05) is 36.2 Å². The predicted molar refractivity (Wildman–Crippen MR) is 85.8 cm³/mol. The van der Waals surface area contributed by atoms with Crippen LogP contribution in [-0.2, 0) is 13.0 Å². The molecule has 0 aliphatic heterocycles. The van der Waals surface area contributed by atoms with E-state index in [4.69, 9.17) is 18.0 Å². The Morgan fingerprint density at radius 3 is 2.90 bits per heavy atom. The van der Waals surface area contributed by atoms with Gasteiger partial charge in [-0.05, 0) is 35.6 Å². The van der Waals surface area contributed by atoms with Gasteiger partial charge in [-0.2, -0.15) is 0 Å². The Morgan fingerprint density at radius 2 is 2.15 bits per heavy atom. The number of nitrogens with zero attached hydrogens (tertiary/aromatic N) is 2. The SMILES string of the molecule is NC(=S)c1ccc2ccn(CCc3cccnc3)c2c1. The number of aryl methyl sites for hydroxylation is 2. The highest BCUT2D eigenvalue weighted by Gasteiger charge is 2.04. The number of benzene rings is 1. The number of fused-ring (bicyclic) bond motifs is 1. The number of nitrogens with two attached hydrogens (primary N) is 1. The van der Waals surface area contributed by atoms with Crippen LogP contribution >= 0.6 is 12.2 Å². The Kier molecular flexibility index (Phi) is 3.48. The molecule has 0 aliphatic rings. The molecule has 2 aromatic heterocycles. The third kappa shape index (κ3) is 2.56. The topological polar surface area (TPSA) is 43.8 Å². The van der Waals surface area contributed by atoms with Crippen molar-refractivity contribution in [2.24, 2.45) is 5.73 Å². The Morgan fingerprint density at radius 1 is 1.25 bits per heavy atom. The Balaban J connectivity index is 1.88. The van der Waals surface area contributed by atoms with Gasteiger partial charge in [-0.15, -0.1) is 0 Å². The average molecular weight is 281 g/mol. The first-order valence-electron chi connectivity index (χ1n) is 6.51. The standard InChI is InChI=1S/C16H15N3S/c17-16(20)14-4-3-13-6-9-19(15(13)10-14)8-5-12-2-1-7-18-11-12/h1-4,6-7,9-11H,5,8H2,(H2,17,20). The molecule has 0 radical (unpaired) electrons. The van der Waals surface area contributed by atoms with Gasteiger partial charge < -0.3 is 10.3 Å². The summed E-state index contributed by atoms with van der Waals surface area (Å²) < 4.78 is 2.23. The summed E-state index contributed by atoms with van der Waals surface area (Å²) in [6, 6.07) is 12.3. The van der Waals surface area contributed by atoms with Crippen LogP contribution in [0.1, 0.15) is 11.1 Å². The van der Waals surface area contributed by atoms with E-state index in [-0.39, 0.29) is 0 Å². The molecule has 0 spiro atoms. The highest BCUT2D eigenvalue weighted by molar-refractivity contribution is 7.80. The summed E-state index contributed by atoms with van der Waals surface area (Å²) in [6.07, 6.45) is 6.76. The molecule has 3 aromatic rings. The lowest BCUT2D eigenvalue weighted by atomic mass is 10.1. The maximum Gasteiger partial charge on any atom is 0.104 e. The second kappa shape index (κ2) is 5.43. The molecule has 0 unspecified atom stereocenters. The van der Waals surface area contributed by atoms with Crippen LogP contribution in [0.25, 0.3) is 10.9 Å². The minimum absolute atomic E-state index is 0.437. The number of aromatic nitrogens is 2. The van der Waals surface area contributed by atoms with E-state index in [0.717, 1.165) is 18.5 Å². The average Bonchev–Trinajstić information content (AvgIpc) is 2.88. The zero-order valence-electron chi connectivity index (χ0n) is 11.0. The number of hydrogen-bond donors (Lipinski definition) is 1. The summed E-state index contributed by atoms with van der Waals surface area (Å²) in [7, 11) is 0. The van der Waals surface area contributed by atoms with E-state index in [1.165, 1.54) is 16.5 Å². The van der Waals surface area contributed by atoms with Gasteiger partial charge in [0.2, 0.25) is 0 Å². The number of pyridine rings is 1. The molecule has 20 heavy (non-hydrogen) atoms. The molecule has 100 valence electrons. The number of hydrogen-bond acceptors (Lipinski definition) is 2. The lowest BCUT2D eigenvalue weighted by Gasteiger charge is -2.06. The van der Waals surface area contributed by atoms with Gasteiger partial charge in [0.25, 0.3) is 0 Å². The van der Waals surface area contributed by atoms with E-state index in [9.17, 15) is 0 Å². The Hall–Kier alpha value is -2.20.